The van der Waals surface area contributed by atoms with Gasteiger partial charge >= 0.3 is 0 Å². The van der Waals surface area contributed by atoms with Crippen molar-refractivity contribution in [3.8, 4) is 22.3 Å². The zero-order chi connectivity index (χ0) is 23.1. The summed E-state index contributed by atoms with van der Waals surface area (Å²) in [5, 5.41) is 2.87. The van der Waals surface area contributed by atoms with Crippen LogP contribution in [0.15, 0.2) is 54.7 Å². The van der Waals surface area contributed by atoms with Crippen LogP contribution in [0.25, 0.3) is 22.3 Å². The lowest BCUT2D eigenvalue weighted by molar-refractivity contribution is 0.0946. The van der Waals surface area contributed by atoms with E-state index in [4.69, 9.17) is 0 Å². The molecule has 4 heterocycles. The van der Waals surface area contributed by atoms with E-state index >= 15 is 0 Å². The maximum atomic E-state index is 14.8. The standard InChI is InChI=1S/C28H29FN4O/c29-27-26(16-22(17-31-27)20-6-9-25-21(15-20)10-11-30-28(25)34)19-4-7-23(8-5-19)33-14-13-32-12-2-1-3-24(32)18-33/h4-9,15-17,24H,1-3,10-14,18H2,(H,30,34). The molecule has 0 radical (unpaired) electrons. The number of amides is 1. The summed E-state index contributed by atoms with van der Waals surface area (Å²) in [4.78, 5) is 21.2. The minimum atomic E-state index is -0.468. The molecule has 6 heteroatoms. The Morgan fingerprint density at radius 1 is 0.912 bits per heavy atom. The monoisotopic (exact) mass is 456 g/mol. The Labute approximate surface area is 199 Å². The van der Waals surface area contributed by atoms with Crippen molar-refractivity contribution in [2.75, 3.05) is 37.6 Å². The number of piperidine rings is 1. The van der Waals surface area contributed by atoms with E-state index in [1.807, 2.05) is 36.4 Å². The average molecular weight is 457 g/mol. The zero-order valence-corrected chi connectivity index (χ0v) is 19.3. The van der Waals surface area contributed by atoms with Crippen molar-refractivity contribution >= 4 is 11.6 Å². The van der Waals surface area contributed by atoms with Crippen LogP contribution < -0.4 is 10.2 Å². The third-order valence-corrected chi connectivity index (χ3v) is 7.58. The van der Waals surface area contributed by atoms with E-state index in [0.29, 0.717) is 18.2 Å². The number of hydrogen-bond donors (Lipinski definition) is 1. The van der Waals surface area contributed by atoms with E-state index < -0.39 is 5.95 Å². The van der Waals surface area contributed by atoms with Crippen LogP contribution in [0.1, 0.15) is 35.2 Å². The van der Waals surface area contributed by atoms with E-state index in [9.17, 15) is 9.18 Å². The largest absolute Gasteiger partial charge is 0.369 e. The Bertz CT molecular complexity index is 1230. The number of carbonyl (C=O) groups is 1. The van der Waals surface area contributed by atoms with Gasteiger partial charge in [0.25, 0.3) is 5.91 Å². The van der Waals surface area contributed by atoms with E-state index in [1.165, 1.54) is 31.5 Å². The second-order valence-corrected chi connectivity index (χ2v) is 9.62. The number of piperazine rings is 1. The zero-order valence-electron chi connectivity index (χ0n) is 19.3. The molecule has 174 valence electrons. The summed E-state index contributed by atoms with van der Waals surface area (Å²) >= 11 is 0. The molecule has 6 rings (SSSR count). The molecule has 0 aliphatic carbocycles. The molecular formula is C28H29FN4O. The molecule has 1 aromatic heterocycles. The van der Waals surface area contributed by atoms with E-state index in [2.05, 4.69) is 32.2 Å². The first-order valence-corrected chi connectivity index (χ1v) is 12.3. The Morgan fingerprint density at radius 2 is 1.76 bits per heavy atom. The molecule has 2 aromatic carbocycles. The molecule has 3 aliphatic rings. The molecule has 1 unspecified atom stereocenters. The number of halogens is 1. The van der Waals surface area contributed by atoms with Gasteiger partial charge in [0, 0.05) is 60.8 Å². The van der Waals surface area contributed by atoms with Crippen LogP contribution in [0.2, 0.25) is 0 Å². The highest BCUT2D eigenvalue weighted by Crippen LogP contribution is 2.31. The van der Waals surface area contributed by atoms with E-state index in [-0.39, 0.29) is 5.91 Å². The molecular weight excluding hydrogens is 427 g/mol. The topological polar surface area (TPSA) is 48.5 Å². The summed E-state index contributed by atoms with van der Waals surface area (Å²) in [5.41, 5.74) is 6.06. The number of anilines is 1. The average Bonchev–Trinajstić information content (AvgIpc) is 2.89. The predicted octanol–water partition coefficient (Wildman–Crippen LogP) is 4.52. The van der Waals surface area contributed by atoms with Gasteiger partial charge in [-0.1, -0.05) is 30.7 Å². The molecule has 1 N–H and O–H groups in total. The molecule has 2 saturated heterocycles. The normalized spacial score (nSPS) is 20.4. The highest BCUT2D eigenvalue weighted by molar-refractivity contribution is 5.97. The van der Waals surface area contributed by atoms with Crippen molar-refractivity contribution in [1.82, 2.24) is 15.2 Å². The summed E-state index contributed by atoms with van der Waals surface area (Å²) in [6.45, 7) is 5.11. The van der Waals surface area contributed by atoms with Gasteiger partial charge in [0.1, 0.15) is 0 Å². The number of nitrogens with zero attached hydrogens (tertiary/aromatic N) is 3. The summed E-state index contributed by atoms with van der Waals surface area (Å²) < 4.78 is 14.8. The smallest absolute Gasteiger partial charge is 0.251 e. The number of benzene rings is 2. The Kier molecular flexibility index (Phi) is 5.53. The Balaban J connectivity index is 1.25. The molecule has 0 bridgehead atoms. The van der Waals surface area contributed by atoms with Gasteiger partial charge in [0.15, 0.2) is 0 Å². The van der Waals surface area contributed by atoms with E-state index in [0.717, 1.165) is 53.9 Å². The summed E-state index contributed by atoms with van der Waals surface area (Å²) in [6, 6.07) is 16.5. The van der Waals surface area contributed by atoms with Gasteiger partial charge in [0.05, 0.1) is 0 Å². The molecule has 5 nitrogen and oxygen atoms in total. The van der Waals surface area contributed by atoms with Crippen molar-refractivity contribution in [1.29, 1.82) is 0 Å². The summed E-state index contributed by atoms with van der Waals surface area (Å²) in [5.74, 6) is -0.500. The van der Waals surface area contributed by atoms with Crippen LogP contribution in [0.3, 0.4) is 0 Å². The summed E-state index contributed by atoms with van der Waals surface area (Å²) in [7, 11) is 0. The van der Waals surface area contributed by atoms with Gasteiger partial charge in [-0.3, -0.25) is 9.69 Å². The number of carbonyl (C=O) groups excluding carboxylic acids is 1. The van der Waals surface area contributed by atoms with Crippen molar-refractivity contribution in [2.45, 2.75) is 31.7 Å². The lowest BCUT2D eigenvalue weighted by atomic mass is 9.94. The molecule has 1 amide bonds. The fourth-order valence-corrected chi connectivity index (χ4v) is 5.66. The number of pyridine rings is 1. The van der Waals surface area contributed by atoms with Gasteiger partial charge < -0.3 is 10.2 Å². The molecule has 0 saturated carbocycles. The number of rotatable bonds is 3. The fourth-order valence-electron chi connectivity index (χ4n) is 5.66. The number of fused-ring (bicyclic) bond motifs is 2. The lowest BCUT2D eigenvalue weighted by Gasteiger charge is -2.45. The van der Waals surface area contributed by atoms with Gasteiger partial charge in [-0.2, -0.15) is 4.39 Å². The maximum absolute atomic E-state index is 14.8. The van der Waals surface area contributed by atoms with Gasteiger partial charge in [-0.15, -0.1) is 0 Å². The van der Waals surface area contributed by atoms with Gasteiger partial charge in [-0.25, -0.2) is 4.98 Å². The van der Waals surface area contributed by atoms with Crippen LogP contribution in [0, 0.1) is 5.95 Å². The minimum Gasteiger partial charge on any atom is -0.369 e. The predicted molar refractivity (Wildman–Crippen MR) is 133 cm³/mol. The van der Waals surface area contributed by atoms with Crippen LogP contribution >= 0.6 is 0 Å². The Hall–Kier alpha value is -3.25. The number of hydrogen-bond acceptors (Lipinski definition) is 4. The second kappa shape index (κ2) is 8.84. The quantitative estimate of drug-likeness (QED) is 0.589. The lowest BCUT2D eigenvalue weighted by Crippen LogP contribution is -2.54. The van der Waals surface area contributed by atoms with Crippen molar-refractivity contribution in [2.24, 2.45) is 0 Å². The van der Waals surface area contributed by atoms with E-state index in [1.54, 1.807) is 6.20 Å². The number of aromatic nitrogens is 1. The SMILES string of the molecule is O=C1NCCc2cc(-c3cnc(F)c(-c4ccc(N5CCN6CCCCC6C5)cc4)c3)ccc21. The molecule has 3 aromatic rings. The molecule has 0 spiro atoms. The van der Waals surface area contributed by atoms with Gasteiger partial charge in [-0.05, 0) is 66.8 Å². The fraction of sp³-hybridized carbons (Fsp3) is 0.357. The molecule has 34 heavy (non-hydrogen) atoms. The summed E-state index contributed by atoms with van der Waals surface area (Å²) in [6.07, 6.45) is 6.30. The van der Waals surface area contributed by atoms with Crippen molar-refractivity contribution in [3.63, 3.8) is 0 Å². The highest BCUT2D eigenvalue weighted by atomic mass is 19.1. The second-order valence-electron chi connectivity index (χ2n) is 9.62. The minimum absolute atomic E-state index is 0.0317. The van der Waals surface area contributed by atoms with Gasteiger partial charge in [0.2, 0.25) is 5.95 Å². The molecule has 2 fully saturated rings. The third kappa shape index (κ3) is 3.96. The number of nitrogens with one attached hydrogen (secondary N) is 1. The molecule has 1 atom stereocenters. The Morgan fingerprint density at radius 3 is 2.65 bits per heavy atom. The van der Waals surface area contributed by atoms with Crippen LogP contribution in [0.5, 0.6) is 0 Å². The van der Waals surface area contributed by atoms with Crippen LogP contribution in [-0.2, 0) is 6.42 Å². The van der Waals surface area contributed by atoms with Crippen LogP contribution in [-0.4, -0.2) is 54.6 Å². The first-order chi connectivity index (χ1) is 16.7. The third-order valence-electron chi connectivity index (χ3n) is 7.58. The first-order valence-electron chi connectivity index (χ1n) is 12.3. The van der Waals surface area contributed by atoms with Crippen LogP contribution in [0.4, 0.5) is 10.1 Å². The van der Waals surface area contributed by atoms with Crippen molar-refractivity contribution < 1.29 is 9.18 Å². The van der Waals surface area contributed by atoms with Crippen molar-refractivity contribution in [3.05, 3.63) is 71.8 Å². The molecule has 3 aliphatic heterocycles. The first kappa shape index (κ1) is 21.3. The highest BCUT2D eigenvalue weighted by Gasteiger charge is 2.29. The maximum Gasteiger partial charge on any atom is 0.251 e.